The summed E-state index contributed by atoms with van der Waals surface area (Å²) in [7, 11) is 0. The normalized spacial score (nSPS) is 20.0. The van der Waals surface area contributed by atoms with Crippen LogP contribution in [0.5, 0.6) is 0 Å². The van der Waals surface area contributed by atoms with Crippen LogP contribution in [-0.2, 0) is 16.1 Å². The molecule has 2 atom stereocenters. The first-order chi connectivity index (χ1) is 12.5. The van der Waals surface area contributed by atoms with Crippen LogP contribution in [0.2, 0.25) is 0 Å². The van der Waals surface area contributed by atoms with Gasteiger partial charge in [-0.15, -0.1) is 0 Å². The van der Waals surface area contributed by atoms with E-state index in [-0.39, 0.29) is 12.5 Å². The van der Waals surface area contributed by atoms with Crippen molar-refractivity contribution in [2.75, 3.05) is 19.7 Å². The molecule has 6 nitrogen and oxygen atoms in total. The van der Waals surface area contributed by atoms with E-state index in [1.54, 1.807) is 23.2 Å². The molecule has 2 aromatic rings. The van der Waals surface area contributed by atoms with Gasteiger partial charge in [-0.25, -0.2) is 4.79 Å². The molecule has 6 heteroatoms. The van der Waals surface area contributed by atoms with Crippen molar-refractivity contribution in [3.8, 4) is 0 Å². The average Bonchev–Trinajstić information content (AvgIpc) is 3.12. The van der Waals surface area contributed by atoms with Crippen LogP contribution in [0.15, 0.2) is 42.7 Å². The third-order valence-electron chi connectivity index (χ3n) is 4.64. The van der Waals surface area contributed by atoms with Gasteiger partial charge >= 0.3 is 5.97 Å². The zero-order valence-electron chi connectivity index (χ0n) is 15.3. The molecule has 2 unspecified atom stereocenters. The zero-order chi connectivity index (χ0) is 18.5. The third kappa shape index (κ3) is 4.71. The van der Waals surface area contributed by atoms with Crippen LogP contribution < -0.4 is 0 Å². The monoisotopic (exact) mass is 355 g/mol. The van der Waals surface area contributed by atoms with Gasteiger partial charge in [0.1, 0.15) is 0 Å². The van der Waals surface area contributed by atoms with Crippen molar-refractivity contribution < 1.29 is 14.3 Å². The Kier molecular flexibility index (Phi) is 5.71. The Morgan fingerprint density at radius 1 is 1.15 bits per heavy atom. The number of hydrogen-bond acceptors (Lipinski definition) is 4. The molecule has 0 bridgehead atoms. The molecule has 1 saturated heterocycles. The van der Waals surface area contributed by atoms with Crippen molar-refractivity contribution in [3.63, 3.8) is 0 Å². The Morgan fingerprint density at radius 3 is 2.46 bits per heavy atom. The van der Waals surface area contributed by atoms with E-state index in [2.05, 4.69) is 18.9 Å². The average molecular weight is 355 g/mol. The zero-order valence-corrected chi connectivity index (χ0v) is 15.3. The van der Waals surface area contributed by atoms with E-state index in [1.165, 1.54) is 0 Å². The van der Waals surface area contributed by atoms with Crippen molar-refractivity contribution in [1.29, 1.82) is 0 Å². The fraction of sp³-hybridized carbons (Fsp3) is 0.450. The van der Waals surface area contributed by atoms with Gasteiger partial charge < -0.3 is 9.64 Å². The Balaban J connectivity index is 1.50. The lowest BCUT2D eigenvalue weighted by molar-refractivity contribution is -0.137. The molecule has 1 amide bonds. The summed E-state index contributed by atoms with van der Waals surface area (Å²) in [6.45, 7) is 6.21. The SMILES string of the molecule is CC1CC(C)CN(C(=O)COC(=O)c2ccc(Cn3cccn3)cc2)C1. The topological polar surface area (TPSA) is 64.4 Å². The molecular formula is C20H25N3O3. The van der Waals surface area contributed by atoms with Crippen LogP contribution in [0.3, 0.4) is 0 Å². The second-order valence-electron chi connectivity index (χ2n) is 7.22. The van der Waals surface area contributed by atoms with Crippen LogP contribution in [-0.4, -0.2) is 46.3 Å². The van der Waals surface area contributed by atoms with Gasteiger partial charge in [-0.3, -0.25) is 9.48 Å². The molecule has 2 heterocycles. The van der Waals surface area contributed by atoms with E-state index in [0.717, 1.165) is 25.1 Å². The van der Waals surface area contributed by atoms with E-state index in [9.17, 15) is 9.59 Å². The Morgan fingerprint density at radius 2 is 1.85 bits per heavy atom. The number of carbonyl (C=O) groups is 2. The summed E-state index contributed by atoms with van der Waals surface area (Å²) in [5.74, 6) is 0.385. The van der Waals surface area contributed by atoms with Gasteiger partial charge in [0.15, 0.2) is 6.61 Å². The minimum absolute atomic E-state index is 0.118. The quantitative estimate of drug-likeness (QED) is 0.774. The van der Waals surface area contributed by atoms with Crippen LogP contribution >= 0.6 is 0 Å². The summed E-state index contributed by atoms with van der Waals surface area (Å²) in [4.78, 5) is 26.3. The first-order valence-electron chi connectivity index (χ1n) is 9.02. The number of ether oxygens (including phenoxy) is 1. The molecule has 3 rings (SSSR count). The first-order valence-corrected chi connectivity index (χ1v) is 9.02. The van der Waals surface area contributed by atoms with Gasteiger partial charge in [0.2, 0.25) is 0 Å². The number of piperidine rings is 1. The van der Waals surface area contributed by atoms with Gasteiger partial charge in [0.25, 0.3) is 5.91 Å². The maximum Gasteiger partial charge on any atom is 0.338 e. The smallest absolute Gasteiger partial charge is 0.338 e. The number of likely N-dealkylation sites (tertiary alicyclic amines) is 1. The number of rotatable bonds is 5. The van der Waals surface area contributed by atoms with Crippen LogP contribution in [0.4, 0.5) is 0 Å². The number of benzene rings is 1. The van der Waals surface area contributed by atoms with Crippen molar-refractivity contribution in [3.05, 3.63) is 53.9 Å². The molecule has 0 radical (unpaired) electrons. The molecule has 26 heavy (non-hydrogen) atoms. The summed E-state index contributed by atoms with van der Waals surface area (Å²) in [6.07, 6.45) is 4.75. The summed E-state index contributed by atoms with van der Waals surface area (Å²) in [6, 6.07) is 9.04. The minimum Gasteiger partial charge on any atom is -0.452 e. The molecule has 0 N–H and O–H groups in total. The molecule has 0 saturated carbocycles. The van der Waals surface area contributed by atoms with E-state index in [1.807, 2.05) is 29.1 Å². The van der Waals surface area contributed by atoms with Crippen LogP contribution in [0, 0.1) is 11.8 Å². The standard InChI is InChI=1S/C20H25N3O3/c1-15-10-16(2)12-22(11-15)19(24)14-26-20(25)18-6-4-17(5-7-18)13-23-9-3-8-21-23/h3-9,15-16H,10-14H2,1-2H3. The van der Waals surface area contributed by atoms with Crippen molar-refractivity contribution in [2.45, 2.75) is 26.8 Å². The number of esters is 1. The maximum atomic E-state index is 12.3. The largest absolute Gasteiger partial charge is 0.452 e. The molecule has 1 aromatic heterocycles. The predicted octanol–water partition coefficient (Wildman–Crippen LogP) is 2.59. The third-order valence-corrected chi connectivity index (χ3v) is 4.64. The lowest BCUT2D eigenvalue weighted by Crippen LogP contribution is -2.44. The molecule has 1 aromatic carbocycles. The first kappa shape index (κ1) is 18.2. The lowest BCUT2D eigenvalue weighted by Gasteiger charge is -2.34. The van der Waals surface area contributed by atoms with E-state index >= 15 is 0 Å². The minimum atomic E-state index is -0.470. The van der Waals surface area contributed by atoms with Crippen molar-refractivity contribution >= 4 is 11.9 Å². The summed E-state index contributed by atoms with van der Waals surface area (Å²) in [5, 5.41) is 4.16. The van der Waals surface area contributed by atoms with Crippen molar-refractivity contribution in [2.24, 2.45) is 11.8 Å². The maximum absolute atomic E-state index is 12.3. The van der Waals surface area contributed by atoms with Crippen LogP contribution in [0.1, 0.15) is 36.2 Å². The fourth-order valence-corrected chi connectivity index (χ4v) is 3.50. The van der Waals surface area contributed by atoms with Crippen molar-refractivity contribution in [1.82, 2.24) is 14.7 Å². The molecule has 1 aliphatic heterocycles. The Bertz CT molecular complexity index is 730. The number of nitrogens with zero attached hydrogens (tertiary/aromatic N) is 3. The second-order valence-corrected chi connectivity index (χ2v) is 7.22. The van der Waals surface area contributed by atoms with Gasteiger partial charge in [-0.1, -0.05) is 26.0 Å². The summed E-state index contributed by atoms with van der Waals surface area (Å²) >= 11 is 0. The highest BCUT2D eigenvalue weighted by Crippen LogP contribution is 2.21. The number of amides is 1. The van der Waals surface area contributed by atoms with E-state index in [4.69, 9.17) is 4.74 Å². The highest BCUT2D eigenvalue weighted by molar-refractivity contribution is 5.91. The highest BCUT2D eigenvalue weighted by Gasteiger charge is 2.26. The Hall–Kier alpha value is -2.63. The highest BCUT2D eigenvalue weighted by atomic mass is 16.5. The van der Waals surface area contributed by atoms with Gasteiger partial charge in [-0.2, -0.15) is 5.10 Å². The van der Waals surface area contributed by atoms with E-state index < -0.39 is 5.97 Å². The molecular weight excluding hydrogens is 330 g/mol. The van der Waals surface area contributed by atoms with E-state index in [0.29, 0.717) is 23.9 Å². The molecule has 0 spiro atoms. The molecule has 138 valence electrons. The number of hydrogen-bond donors (Lipinski definition) is 0. The molecule has 1 aliphatic rings. The summed E-state index contributed by atoms with van der Waals surface area (Å²) < 4.78 is 7.02. The van der Waals surface area contributed by atoms with Crippen LogP contribution in [0.25, 0.3) is 0 Å². The van der Waals surface area contributed by atoms with Gasteiger partial charge in [-0.05, 0) is 42.0 Å². The van der Waals surface area contributed by atoms with Gasteiger partial charge in [0, 0.05) is 25.5 Å². The van der Waals surface area contributed by atoms with Gasteiger partial charge in [0.05, 0.1) is 12.1 Å². The lowest BCUT2D eigenvalue weighted by atomic mass is 9.92. The fourth-order valence-electron chi connectivity index (χ4n) is 3.50. The summed E-state index contributed by atoms with van der Waals surface area (Å²) in [5.41, 5.74) is 1.49. The number of carbonyl (C=O) groups excluding carboxylic acids is 2. The predicted molar refractivity (Wildman–Crippen MR) is 97.6 cm³/mol. The molecule has 1 fully saturated rings. The molecule has 0 aliphatic carbocycles. The Labute approximate surface area is 153 Å². The second kappa shape index (κ2) is 8.17. The number of aromatic nitrogens is 2.